The normalized spacial score (nSPS) is 11.0. The van der Waals surface area contributed by atoms with Crippen molar-refractivity contribution in [3.05, 3.63) is 33.5 Å². The van der Waals surface area contributed by atoms with Crippen LogP contribution in [0, 0.1) is 0 Å². The van der Waals surface area contributed by atoms with Crippen molar-refractivity contribution in [1.29, 1.82) is 0 Å². The maximum Gasteiger partial charge on any atom is 0.357 e. The summed E-state index contributed by atoms with van der Waals surface area (Å²) in [6.45, 7) is 0. The number of carboxylic acid groups (broad SMARTS) is 6. The molecule has 2 aromatic carbocycles. The van der Waals surface area contributed by atoms with E-state index in [1.807, 2.05) is 0 Å². The van der Waals surface area contributed by atoms with Crippen LogP contribution in [0.1, 0.15) is 62.3 Å². The number of carboxylic acids is 6. The summed E-state index contributed by atoms with van der Waals surface area (Å²) >= 11 is 0. The van der Waals surface area contributed by atoms with Crippen molar-refractivity contribution >= 4 is 68.5 Å². The molecular weight excluding hydrogens is 492 g/mol. The minimum Gasteiger partial charge on any atom is -0.478 e. The van der Waals surface area contributed by atoms with Gasteiger partial charge in [0.05, 0.1) is 22.3 Å². The average Bonchev–Trinajstić information content (AvgIpc) is 2.80. The zero-order valence-electron chi connectivity index (χ0n) is 16.8. The molecule has 0 aliphatic carbocycles. The van der Waals surface area contributed by atoms with Gasteiger partial charge in [0.2, 0.25) is 0 Å². The molecule has 0 saturated heterocycles. The van der Waals surface area contributed by atoms with Gasteiger partial charge < -0.3 is 30.6 Å². The summed E-state index contributed by atoms with van der Waals surface area (Å²) in [4.78, 5) is 72.4. The number of nitrogens with zero attached hydrogens (tertiary/aromatic N) is 6. The van der Waals surface area contributed by atoms with E-state index >= 15 is 0 Å². The second kappa shape index (κ2) is 7.83. The van der Waals surface area contributed by atoms with Gasteiger partial charge in [0, 0.05) is 16.2 Å². The van der Waals surface area contributed by atoms with Gasteiger partial charge in [-0.05, 0) is 10.4 Å². The highest BCUT2D eigenvalue weighted by atomic mass is 16.4. The molecule has 0 fully saturated rings. The fourth-order valence-corrected chi connectivity index (χ4v) is 3.85. The molecule has 36 heavy (non-hydrogen) atoms. The Morgan fingerprint density at radius 2 is 0.778 bits per heavy atom. The Morgan fingerprint density at radius 3 is 1.22 bits per heavy atom. The van der Waals surface area contributed by atoms with E-state index in [9.17, 15) is 59.4 Å². The van der Waals surface area contributed by atoms with Gasteiger partial charge in [0.25, 0.3) is 0 Å². The molecule has 18 nitrogen and oxygen atoms in total. The second-order valence-corrected chi connectivity index (χ2v) is 6.80. The van der Waals surface area contributed by atoms with Gasteiger partial charge in [0.1, 0.15) is 22.1 Å². The Bertz CT molecular complexity index is 1750. The molecule has 0 aliphatic heterocycles. The van der Waals surface area contributed by atoms with E-state index in [0.717, 1.165) is 0 Å². The highest BCUT2D eigenvalue weighted by Crippen LogP contribution is 2.41. The van der Waals surface area contributed by atoms with E-state index in [4.69, 9.17) is 0 Å². The van der Waals surface area contributed by atoms with Gasteiger partial charge >= 0.3 is 35.8 Å². The topological polar surface area (TPSA) is 301 Å². The number of rotatable bonds is 6. The molecule has 18 heteroatoms. The summed E-state index contributed by atoms with van der Waals surface area (Å²) in [6.07, 6.45) is 0. The van der Waals surface area contributed by atoms with Crippen LogP contribution < -0.4 is 0 Å². The number of fused-ring (bicyclic) bond motifs is 6. The molecular formula is C18H6N6O12. The number of aromatic nitrogens is 6. The standard InChI is InChI=1S/C18H6N6O12/c25-13(26)4-1-2(5(14(27)28)7(16(31)32)6(4)15(29)30)10-12(22-24-23-21-10)9-3(1)8(17(33)34)11(18(35)36)20-19-9/h(H,25,26)(H,27,28)(H,29,30)(H,31,32)(H,33,34)(H,35,36). The second-order valence-electron chi connectivity index (χ2n) is 6.80. The molecule has 4 rings (SSSR count). The van der Waals surface area contributed by atoms with Crippen molar-refractivity contribution in [2.75, 3.05) is 0 Å². The zero-order valence-corrected chi connectivity index (χ0v) is 16.8. The number of hydrogen-bond acceptors (Lipinski definition) is 12. The van der Waals surface area contributed by atoms with E-state index < -0.39 is 102 Å². The lowest BCUT2D eigenvalue weighted by molar-refractivity contribution is 0.0621. The molecule has 0 spiro atoms. The van der Waals surface area contributed by atoms with E-state index in [1.165, 1.54) is 0 Å². The third-order valence-electron chi connectivity index (χ3n) is 5.01. The van der Waals surface area contributed by atoms with Crippen molar-refractivity contribution in [1.82, 2.24) is 30.8 Å². The van der Waals surface area contributed by atoms with Crippen LogP contribution in [0.2, 0.25) is 0 Å². The van der Waals surface area contributed by atoms with Crippen LogP contribution >= 0.6 is 0 Å². The predicted octanol–water partition coefficient (Wildman–Crippen LogP) is -0.295. The largest absolute Gasteiger partial charge is 0.478 e. The summed E-state index contributed by atoms with van der Waals surface area (Å²) in [7, 11) is 0. The summed E-state index contributed by atoms with van der Waals surface area (Å²) in [6, 6.07) is 0. The van der Waals surface area contributed by atoms with Crippen LogP contribution in [0.4, 0.5) is 0 Å². The molecule has 2 heterocycles. The maximum atomic E-state index is 12.3. The molecule has 6 N–H and O–H groups in total. The number of benzene rings is 2. The Kier molecular flexibility index (Phi) is 5.05. The zero-order chi connectivity index (χ0) is 26.6. The van der Waals surface area contributed by atoms with Crippen LogP contribution in [-0.2, 0) is 0 Å². The molecule has 0 amide bonds. The first-order chi connectivity index (χ1) is 16.9. The minimum atomic E-state index is -2.20. The molecule has 0 saturated carbocycles. The Hall–Kier alpha value is -5.94. The number of aromatic carboxylic acids is 6. The van der Waals surface area contributed by atoms with Crippen molar-refractivity contribution < 1.29 is 59.4 Å². The molecule has 0 radical (unpaired) electrons. The molecule has 0 unspecified atom stereocenters. The van der Waals surface area contributed by atoms with Crippen LogP contribution in [0.15, 0.2) is 0 Å². The van der Waals surface area contributed by atoms with E-state index in [2.05, 4.69) is 30.8 Å². The fraction of sp³-hybridized carbons (Fsp3) is 0. The van der Waals surface area contributed by atoms with Gasteiger partial charge in [0.15, 0.2) is 5.69 Å². The van der Waals surface area contributed by atoms with Crippen molar-refractivity contribution in [2.45, 2.75) is 0 Å². The minimum absolute atomic E-state index is 0.558. The molecule has 0 bridgehead atoms. The van der Waals surface area contributed by atoms with Crippen molar-refractivity contribution in [2.24, 2.45) is 0 Å². The lowest BCUT2D eigenvalue weighted by Crippen LogP contribution is -2.22. The Balaban J connectivity index is 2.67. The summed E-state index contributed by atoms with van der Waals surface area (Å²) in [5, 5.41) is 76.0. The lowest BCUT2D eigenvalue weighted by Gasteiger charge is -2.18. The molecule has 4 aromatic rings. The predicted molar refractivity (Wildman–Crippen MR) is 107 cm³/mol. The van der Waals surface area contributed by atoms with E-state index in [-0.39, 0.29) is 0 Å². The monoisotopic (exact) mass is 498 g/mol. The molecule has 0 atom stereocenters. The Labute approximate surface area is 193 Å². The van der Waals surface area contributed by atoms with Gasteiger partial charge in [-0.25, -0.2) is 28.8 Å². The quantitative estimate of drug-likeness (QED) is 0.186. The van der Waals surface area contributed by atoms with Gasteiger partial charge in [-0.2, -0.15) is 0 Å². The SMILES string of the molecule is O=C(O)c1nnc2c3nnnnc3c3c(C(=O)O)c(C(=O)O)c(C(=O)O)c(C(=O)O)c3c2c1C(=O)O. The number of hydrogen-bond donors (Lipinski definition) is 6. The first kappa shape index (κ1) is 23.2. The third-order valence-corrected chi connectivity index (χ3v) is 5.01. The smallest absolute Gasteiger partial charge is 0.357 e. The first-order valence-corrected chi connectivity index (χ1v) is 9.01. The van der Waals surface area contributed by atoms with E-state index in [1.54, 1.807) is 0 Å². The van der Waals surface area contributed by atoms with Gasteiger partial charge in [-0.3, -0.25) is 0 Å². The summed E-state index contributed by atoms with van der Waals surface area (Å²) in [5.41, 5.74) is -9.98. The molecule has 0 aliphatic rings. The van der Waals surface area contributed by atoms with Crippen LogP contribution in [0.5, 0.6) is 0 Å². The van der Waals surface area contributed by atoms with Crippen molar-refractivity contribution in [3.8, 4) is 0 Å². The van der Waals surface area contributed by atoms with Gasteiger partial charge in [-0.1, -0.05) is 0 Å². The van der Waals surface area contributed by atoms with Crippen LogP contribution in [-0.4, -0.2) is 97.3 Å². The highest BCUT2D eigenvalue weighted by molar-refractivity contribution is 6.36. The van der Waals surface area contributed by atoms with E-state index in [0.29, 0.717) is 0 Å². The molecule has 2 aromatic heterocycles. The molecule has 180 valence electrons. The highest BCUT2D eigenvalue weighted by Gasteiger charge is 2.38. The van der Waals surface area contributed by atoms with Crippen LogP contribution in [0.3, 0.4) is 0 Å². The van der Waals surface area contributed by atoms with Crippen LogP contribution in [0.25, 0.3) is 32.7 Å². The number of carbonyl (C=O) groups is 6. The average molecular weight is 498 g/mol. The first-order valence-electron chi connectivity index (χ1n) is 9.01. The lowest BCUT2D eigenvalue weighted by atomic mass is 9.85. The van der Waals surface area contributed by atoms with Crippen molar-refractivity contribution in [3.63, 3.8) is 0 Å². The summed E-state index contributed by atoms with van der Waals surface area (Å²) in [5.74, 6) is -12.5. The maximum absolute atomic E-state index is 12.3. The fourth-order valence-electron chi connectivity index (χ4n) is 3.85. The Morgan fingerprint density at radius 1 is 0.389 bits per heavy atom. The third kappa shape index (κ3) is 3.05. The summed E-state index contributed by atoms with van der Waals surface area (Å²) < 4.78 is 0. The van der Waals surface area contributed by atoms with Gasteiger partial charge in [-0.15, -0.1) is 20.4 Å².